The molecule has 1 atom stereocenters. The monoisotopic (exact) mass is 473 g/mol. The first-order valence-electron chi connectivity index (χ1n) is 11.6. The molecule has 1 aliphatic carbocycles. The molecule has 2 fully saturated rings. The van der Waals surface area contributed by atoms with Crippen LogP contribution in [0.3, 0.4) is 0 Å². The summed E-state index contributed by atoms with van der Waals surface area (Å²) in [5.41, 5.74) is 4.32. The number of fused-ring (bicyclic) bond motifs is 1. The number of rotatable bonds is 6. The highest BCUT2D eigenvalue weighted by Gasteiger charge is 2.47. The Morgan fingerprint density at radius 1 is 1.12 bits per heavy atom. The maximum Gasteiger partial charge on any atom is 0.320 e. The topological polar surface area (TPSA) is 66.3 Å². The SMILES string of the molecule is O=C(O)C1CCCN1Cc1ccc(-c2nc3ccc(C4(c5ccccc5)CC4)nc3s2)c(F)c1. The van der Waals surface area contributed by atoms with Crippen molar-refractivity contribution in [2.45, 2.75) is 43.7 Å². The molecule has 172 valence electrons. The van der Waals surface area contributed by atoms with Gasteiger partial charge in [-0.1, -0.05) is 47.7 Å². The van der Waals surface area contributed by atoms with Gasteiger partial charge in [-0.3, -0.25) is 9.69 Å². The van der Waals surface area contributed by atoms with Crippen molar-refractivity contribution in [1.82, 2.24) is 14.9 Å². The summed E-state index contributed by atoms with van der Waals surface area (Å²) in [6, 6.07) is 19.2. The minimum atomic E-state index is -0.809. The largest absolute Gasteiger partial charge is 0.480 e. The number of likely N-dealkylation sites (tertiary alicyclic amines) is 1. The van der Waals surface area contributed by atoms with Gasteiger partial charge in [0, 0.05) is 17.5 Å². The second-order valence-electron chi connectivity index (χ2n) is 9.27. The van der Waals surface area contributed by atoms with Crippen molar-refractivity contribution < 1.29 is 14.3 Å². The molecule has 6 rings (SSSR count). The molecule has 7 heteroatoms. The zero-order valence-electron chi connectivity index (χ0n) is 18.6. The number of carboxylic acid groups (broad SMARTS) is 1. The Morgan fingerprint density at radius 2 is 1.94 bits per heavy atom. The third kappa shape index (κ3) is 3.69. The van der Waals surface area contributed by atoms with E-state index in [0.29, 0.717) is 23.5 Å². The van der Waals surface area contributed by atoms with Crippen molar-refractivity contribution in [3.63, 3.8) is 0 Å². The summed E-state index contributed by atoms with van der Waals surface area (Å²) < 4.78 is 15.1. The predicted molar refractivity (Wildman–Crippen MR) is 130 cm³/mol. The van der Waals surface area contributed by atoms with Crippen LogP contribution in [-0.4, -0.2) is 38.5 Å². The molecule has 2 aliphatic rings. The van der Waals surface area contributed by atoms with E-state index in [1.807, 2.05) is 23.1 Å². The van der Waals surface area contributed by atoms with E-state index < -0.39 is 12.0 Å². The molecule has 1 saturated heterocycles. The average Bonchev–Trinajstić information content (AvgIpc) is 3.33. The van der Waals surface area contributed by atoms with Crippen molar-refractivity contribution in [2.75, 3.05) is 6.54 Å². The fraction of sp³-hybridized carbons (Fsp3) is 0.296. The van der Waals surface area contributed by atoms with Crippen molar-refractivity contribution in [3.05, 3.63) is 83.3 Å². The molecule has 0 radical (unpaired) electrons. The first kappa shape index (κ1) is 21.4. The summed E-state index contributed by atoms with van der Waals surface area (Å²) in [4.78, 5) is 23.8. The van der Waals surface area contributed by atoms with Crippen molar-refractivity contribution in [3.8, 4) is 10.6 Å². The van der Waals surface area contributed by atoms with Gasteiger partial charge in [-0.2, -0.15) is 0 Å². The molecule has 1 N–H and O–H groups in total. The summed E-state index contributed by atoms with van der Waals surface area (Å²) in [7, 11) is 0. The smallest absolute Gasteiger partial charge is 0.320 e. The van der Waals surface area contributed by atoms with Crippen molar-refractivity contribution in [2.24, 2.45) is 0 Å². The highest BCUT2D eigenvalue weighted by Crippen LogP contribution is 2.53. The number of halogens is 1. The van der Waals surface area contributed by atoms with E-state index in [-0.39, 0.29) is 11.2 Å². The van der Waals surface area contributed by atoms with Crippen LogP contribution < -0.4 is 0 Å². The molecule has 4 aromatic rings. The Balaban J connectivity index is 1.27. The van der Waals surface area contributed by atoms with Crippen LogP contribution in [0, 0.1) is 5.82 Å². The highest BCUT2D eigenvalue weighted by molar-refractivity contribution is 7.21. The van der Waals surface area contributed by atoms with Gasteiger partial charge in [0.25, 0.3) is 0 Å². The molecular weight excluding hydrogens is 449 g/mol. The van der Waals surface area contributed by atoms with Gasteiger partial charge in [0.15, 0.2) is 0 Å². The molecule has 3 heterocycles. The Labute approximate surface area is 200 Å². The molecule has 1 saturated carbocycles. The van der Waals surface area contributed by atoms with Gasteiger partial charge in [-0.15, -0.1) is 0 Å². The maximum atomic E-state index is 15.1. The Bertz CT molecular complexity index is 1380. The second kappa shape index (κ2) is 8.25. The molecule has 2 aromatic heterocycles. The van der Waals surface area contributed by atoms with Gasteiger partial charge >= 0.3 is 5.97 Å². The van der Waals surface area contributed by atoms with E-state index in [1.165, 1.54) is 23.0 Å². The number of aromatic nitrogens is 2. The van der Waals surface area contributed by atoms with Crippen LogP contribution in [0.2, 0.25) is 0 Å². The van der Waals surface area contributed by atoms with E-state index >= 15 is 4.39 Å². The van der Waals surface area contributed by atoms with E-state index in [0.717, 1.165) is 47.4 Å². The van der Waals surface area contributed by atoms with Crippen LogP contribution in [0.15, 0.2) is 60.7 Å². The van der Waals surface area contributed by atoms with Gasteiger partial charge in [0.1, 0.15) is 27.2 Å². The molecule has 0 bridgehead atoms. The van der Waals surface area contributed by atoms with Gasteiger partial charge in [-0.05, 0) is 67.6 Å². The standard InChI is InChI=1S/C27H24FN3O2S/c28-20-15-17(16-31-14-4-7-22(31)26(32)33)8-9-19(20)24-29-21-10-11-23(30-25(21)34-24)27(12-13-27)18-5-2-1-3-6-18/h1-3,5-6,8-11,15,22H,4,7,12-14,16H2,(H,32,33). The van der Waals surface area contributed by atoms with E-state index in [1.54, 1.807) is 6.07 Å². The summed E-state index contributed by atoms with van der Waals surface area (Å²) in [6.07, 6.45) is 3.65. The van der Waals surface area contributed by atoms with Gasteiger partial charge in [0.2, 0.25) is 0 Å². The summed E-state index contributed by atoms with van der Waals surface area (Å²) in [5, 5.41) is 10.00. The lowest BCUT2D eigenvalue weighted by Crippen LogP contribution is -2.35. The van der Waals surface area contributed by atoms with Crippen LogP contribution >= 0.6 is 11.3 Å². The van der Waals surface area contributed by atoms with Crippen molar-refractivity contribution in [1.29, 1.82) is 0 Å². The molecule has 2 aromatic carbocycles. The average molecular weight is 474 g/mol. The third-order valence-electron chi connectivity index (χ3n) is 7.12. The number of hydrogen-bond donors (Lipinski definition) is 1. The fourth-order valence-electron chi connectivity index (χ4n) is 5.13. The van der Waals surface area contributed by atoms with Crippen LogP contribution in [0.4, 0.5) is 4.39 Å². The minimum absolute atomic E-state index is 0.0180. The number of carbonyl (C=O) groups is 1. The lowest BCUT2D eigenvalue weighted by Gasteiger charge is -2.21. The summed E-state index contributed by atoms with van der Waals surface area (Å²) in [6.45, 7) is 1.15. The van der Waals surface area contributed by atoms with Crippen LogP contribution in [-0.2, 0) is 16.8 Å². The Kier molecular flexibility index (Phi) is 5.19. The lowest BCUT2D eigenvalue weighted by molar-refractivity contribution is -0.142. The van der Waals surface area contributed by atoms with Crippen molar-refractivity contribution >= 4 is 27.7 Å². The van der Waals surface area contributed by atoms with E-state index in [4.69, 9.17) is 4.98 Å². The molecule has 34 heavy (non-hydrogen) atoms. The highest BCUT2D eigenvalue weighted by atomic mass is 32.1. The van der Waals surface area contributed by atoms with Crippen LogP contribution in [0.5, 0.6) is 0 Å². The maximum absolute atomic E-state index is 15.1. The number of nitrogens with zero attached hydrogens (tertiary/aromatic N) is 3. The molecule has 5 nitrogen and oxygen atoms in total. The van der Waals surface area contributed by atoms with Gasteiger partial charge < -0.3 is 5.11 Å². The molecule has 1 unspecified atom stereocenters. The fourth-order valence-corrected chi connectivity index (χ4v) is 6.10. The number of thiazole rings is 1. The zero-order valence-corrected chi connectivity index (χ0v) is 19.4. The Morgan fingerprint density at radius 3 is 2.68 bits per heavy atom. The number of benzene rings is 2. The molecule has 0 amide bonds. The number of carboxylic acids is 1. The van der Waals surface area contributed by atoms with E-state index in [9.17, 15) is 9.90 Å². The summed E-state index contributed by atoms with van der Waals surface area (Å²) >= 11 is 1.41. The summed E-state index contributed by atoms with van der Waals surface area (Å²) in [5.74, 6) is -1.15. The minimum Gasteiger partial charge on any atom is -0.480 e. The van der Waals surface area contributed by atoms with Gasteiger partial charge in [0.05, 0.1) is 5.69 Å². The predicted octanol–water partition coefficient (Wildman–Crippen LogP) is 5.63. The van der Waals surface area contributed by atoms with Crippen LogP contribution in [0.25, 0.3) is 20.9 Å². The normalized spacial score (nSPS) is 19.5. The van der Waals surface area contributed by atoms with E-state index in [2.05, 4.69) is 35.3 Å². The molecule has 1 aliphatic heterocycles. The lowest BCUT2D eigenvalue weighted by atomic mass is 9.92. The first-order chi connectivity index (χ1) is 16.5. The second-order valence-corrected chi connectivity index (χ2v) is 10.2. The van der Waals surface area contributed by atoms with Gasteiger partial charge in [-0.25, -0.2) is 14.4 Å². The number of aliphatic carboxylic acids is 1. The van der Waals surface area contributed by atoms with Crippen LogP contribution in [0.1, 0.15) is 42.5 Å². The third-order valence-corrected chi connectivity index (χ3v) is 8.12. The molecular formula is C27H24FN3O2S. The quantitative estimate of drug-likeness (QED) is 0.393. The zero-order chi connectivity index (χ0) is 23.3. The molecule has 0 spiro atoms. The first-order valence-corrected chi connectivity index (χ1v) is 12.4. The number of pyridine rings is 1. The Hall–Kier alpha value is -3.16. The number of hydrogen-bond acceptors (Lipinski definition) is 5.